The number of fused-ring (bicyclic) bond motifs is 1. The van der Waals surface area contributed by atoms with Gasteiger partial charge in [-0.15, -0.1) is 0 Å². The molecule has 0 fully saturated rings. The number of benzene rings is 1. The van der Waals surface area contributed by atoms with Gasteiger partial charge in [-0.3, -0.25) is 0 Å². The van der Waals surface area contributed by atoms with E-state index in [1.165, 1.54) is 17.4 Å². The van der Waals surface area contributed by atoms with Gasteiger partial charge in [-0.2, -0.15) is 0 Å². The predicted molar refractivity (Wildman–Crippen MR) is 79.1 cm³/mol. The molecule has 3 nitrogen and oxygen atoms in total. The molecule has 1 aromatic rings. The molecule has 0 radical (unpaired) electrons. The van der Waals surface area contributed by atoms with Gasteiger partial charge in [0.15, 0.2) is 0 Å². The Hall–Kier alpha value is -0.870. The van der Waals surface area contributed by atoms with Crippen molar-refractivity contribution in [3.63, 3.8) is 0 Å². The number of nitrogens with one attached hydrogen (secondary N) is 1. The molecule has 0 bridgehead atoms. The highest BCUT2D eigenvalue weighted by molar-refractivity contribution is 7.90. The number of rotatable bonds is 6. The maximum atomic E-state index is 11.2. The van der Waals surface area contributed by atoms with Gasteiger partial charge in [0.1, 0.15) is 9.84 Å². The second-order valence-electron chi connectivity index (χ2n) is 5.60. The van der Waals surface area contributed by atoms with E-state index in [4.69, 9.17) is 0 Å². The lowest BCUT2D eigenvalue weighted by atomic mass is 9.93. The van der Waals surface area contributed by atoms with Crippen molar-refractivity contribution >= 4 is 9.84 Å². The zero-order valence-electron chi connectivity index (χ0n) is 11.7. The largest absolute Gasteiger partial charge is 0.317 e. The molecule has 1 unspecified atom stereocenters. The summed E-state index contributed by atoms with van der Waals surface area (Å²) in [7, 11) is -0.853. The fraction of sp³-hybridized carbons (Fsp3) is 0.600. The molecule has 2 rings (SSSR count). The van der Waals surface area contributed by atoms with Gasteiger partial charge in [0.25, 0.3) is 0 Å². The Kier molecular flexibility index (Phi) is 4.63. The molecule has 0 heterocycles. The van der Waals surface area contributed by atoms with Gasteiger partial charge in [-0.1, -0.05) is 24.3 Å². The van der Waals surface area contributed by atoms with Crippen LogP contribution in [0, 0.1) is 5.92 Å². The molecular weight excluding hydrogens is 258 g/mol. The summed E-state index contributed by atoms with van der Waals surface area (Å²) < 4.78 is 22.4. The van der Waals surface area contributed by atoms with E-state index in [-0.39, 0.29) is 0 Å². The second kappa shape index (κ2) is 6.06. The molecule has 19 heavy (non-hydrogen) atoms. The van der Waals surface area contributed by atoms with Crippen LogP contribution in [0.4, 0.5) is 0 Å². The normalized spacial score (nSPS) is 17.4. The van der Waals surface area contributed by atoms with Gasteiger partial charge in [0.2, 0.25) is 0 Å². The molecular formula is C15H23NO2S. The monoisotopic (exact) mass is 281 g/mol. The van der Waals surface area contributed by atoms with Crippen LogP contribution in [0.3, 0.4) is 0 Å². The average Bonchev–Trinajstić information content (AvgIpc) is 2.76. The van der Waals surface area contributed by atoms with Gasteiger partial charge in [-0.05, 0) is 49.8 Å². The highest BCUT2D eigenvalue weighted by atomic mass is 32.2. The minimum atomic E-state index is -2.83. The van der Waals surface area contributed by atoms with E-state index < -0.39 is 9.84 Å². The molecule has 1 atom stereocenters. The van der Waals surface area contributed by atoms with Crippen LogP contribution in [0.1, 0.15) is 24.0 Å². The van der Waals surface area contributed by atoms with E-state index >= 15 is 0 Å². The summed E-state index contributed by atoms with van der Waals surface area (Å²) in [5, 5.41) is 3.37. The van der Waals surface area contributed by atoms with Crippen LogP contribution in [0.5, 0.6) is 0 Å². The van der Waals surface area contributed by atoms with Crippen molar-refractivity contribution in [2.24, 2.45) is 5.92 Å². The second-order valence-corrected chi connectivity index (χ2v) is 7.86. The number of sulfone groups is 1. The smallest absolute Gasteiger partial charge is 0.147 e. The third kappa shape index (κ3) is 4.05. The minimum absolute atomic E-state index is 0.296. The molecule has 0 spiro atoms. The third-order valence-electron chi connectivity index (χ3n) is 4.05. The first-order valence-corrected chi connectivity index (χ1v) is 8.97. The maximum absolute atomic E-state index is 11.2. The number of hydrogen-bond donors (Lipinski definition) is 1. The van der Waals surface area contributed by atoms with E-state index in [1.807, 2.05) is 7.05 Å². The van der Waals surface area contributed by atoms with Crippen molar-refractivity contribution in [2.45, 2.75) is 31.7 Å². The molecule has 1 aliphatic rings. The van der Waals surface area contributed by atoms with Crippen molar-refractivity contribution in [1.29, 1.82) is 0 Å². The Labute approximate surface area is 116 Å². The fourth-order valence-corrected chi connectivity index (χ4v) is 3.75. The highest BCUT2D eigenvalue weighted by Crippen LogP contribution is 2.30. The molecule has 0 aromatic heterocycles. The van der Waals surface area contributed by atoms with E-state index in [0.29, 0.717) is 17.7 Å². The minimum Gasteiger partial charge on any atom is -0.317 e. The number of hydrogen-bond acceptors (Lipinski definition) is 3. The van der Waals surface area contributed by atoms with Gasteiger partial charge in [0, 0.05) is 18.1 Å². The Morgan fingerprint density at radius 3 is 2.32 bits per heavy atom. The van der Waals surface area contributed by atoms with Crippen LogP contribution in [0.2, 0.25) is 0 Å². The Morgan fingerprint density at radius 1 is 1.26 bits per heavy atom. The van der Waals surface area contributed by atoms with Gasteiger partial charge >= 0.3 is 0 Å². The maximum Gasteiger partial charge on any atom is 0.147 e. The average molecular weight is 281 g/mol. The van der Waals surface area contributed by atoms with Gasteiger partial charge in [-0.25, -0.2) is 8.42 Å². The summed E-state index contributed by atoms with van der Waals surface area (Å²) in [6, 6.07) is 9.02. The zero-order chi connectivity index (χ0) is 13.9. The summed E-state index contributed by atoms with van der Waals surface area (Å²) in [5.41, 5.74) is 2.91. The molecule has 0 saturated heterocycles. The SMILES string of the molecule is CNC(CCCS(C)(=O)=O)C1Cc2ccccc2C1. The van der Waals surface area contributed by atoms with Crippen molar-refractivity contribution in [3.8, 4) is 0 Å². The molecule has 0 aliphatic heterocycles. The van der Waals surface area contributed by atoms with Crippen LogP contribution in [-0.4, -0.2) is 33.5 Å². The first kappa shape index (κ1) is 14.5. The lowest BCUT2D eigenvalue weighted by Gasteiger charge is -2.22. The molecule has 1 N–H and O–H groups in total. The third-order valence-corrected chi connectivity index (χ3v) is 5.08. The molecule has 1 aliphatic carbocycles. The van der Waals surface area contributed by atoms with E-state index in [2.05, 4.69) is 29.6 Å². The van der Waals surface area contributed by atoms with Gasteiger partial charge in [0.05, 0.1) is 0 Å². The molecule has 1 aromatic carbocycles. The summed E-state index contributed by atoms with van der Waals surface area (Å²) in [5.74, 6) is 0.896. The standard InChI is InChI=1S/C15H23NO2S/c1-16-15(8-5-9-19(2,17)18)14-10-12-6-3-4-7-13(12)11-14/h3-4,6-7,14-16H,5,8-11H2,1-2H3. The van der Waals surface area contributed by atoms with Gasteiger partial charge < -0.3 is 5.32 Å². The van der Waals surface area contributed by atoms with Crippen molar-refractivity contribution in [3.05, 3.63) is 35.4 Å². The van der Waals surface area contributed by atoms with Crippen molar-refractivity contribution in [2.75, 3.05) is 19.1 Å². The van der Waals surface area contributed by atoms with E-state index in [9.17, 15) is 8.42 Å². The van der Waals surface area contributed by atoms with Crippen LogP contribution < -0.4 is 5.32 Å². The van der Waals surface area contributed by atoms with Crippen LogP contribution in [0.25, 0.3) is 0 Å². The van der Waals surface area contributed by atoms with E-state index in [1.54, 1.807) is 0 Å². The summed E-state index contributed by atoms with van der Waals surface area (Å²) >= 11 is 0. The van der Waals surface area contributed by atoms with Crippen LogP contribution >= 0.6 is 0 Å². The Balaban J connectivity index is 1.90. The Bertz CT molecular complexity index is 500. The van der Waals surface area contributed by atoms with E-state index in [0.717, 1.165) is 25.7 Å². The lowest BCUT2D eigenvalue weighted by molar-refractivity contribution is 0.363. The zero-order valence-corrected chi connectivity index (χ0v) is 12.5. The molecule has 106 valence electrons. The first-order chi connectivity index (χ1) is 8.99. The first-order valence-electron chi connectivity index (χ1n) is 6.91. The van der Waals surface area contributed by atoms with Crippen LogP contribution in [0.15, 0.2) is 24.3 Å². The van der Waals surface area contributed by atoms with Crippen molar-refractivity contribution in [1.82, 2.24) is 5.32 Å². The fourth-order valence-electron chi connectivity index (χ4n) is 3.06. The molecule has 0 saturated carbocycles. The summed E-state index contributed by atoms with van der Waals surface area (Å²) in [6.07, 6.45) is 5.22. The predicted octanol–water partition coefficient (Wildman–Crippen LogP) is 1.81. The highest BCUT2D eigenvalue weighted by Gasteiger charge is 2.27. The van der Waals surface area contributed by atoms with Crippen molar-refractivity contribution < 1.29 is 8.42 Å². The molecule has 0 amide bonds. The summed E-state index contributed by atoms with van der Waals surface area (Å²) in [6.45, 7) is 0. The molecule has 4 heteroatoms. The quantitative estimate of drug-likeness (QED) is 0.865. The summed E-state index contributed by atoms with van der Waals surface area (Å²) in [4.78, 5) is 0. The van der Waals surface area contributed by atoms with Crippen LogP contribution in [-0.2, 0) is 22.7 Å². The Morgan fingerprint density at radius 2 is 1.84 bits per heavy atom. The lowest BCUT2D eigenvalue weighted by Crippen LogP contribution is -2.34. The topological polar surface area (TPSA) is 46.2 Å².